The average molecular weight is 399 g/mol. The topological polar surface area (TPSA) is 91.0 Å². The fourth-order valence-corrected chi connectivity index (χ4v) is 3.28. The standard InChI is InChI=1S/C19H21N5O3S/c1-4-27-14-9-7-13(8-10-14)20-16(25)12-28-19-22-21-17(24(19)3)15-6-5-11-23(2)18(15)26/h5-11H,4,12H2,1-3H3,(H,20,25). The number of pyridine rings is 1. The number of carbonyl (C=O) groups excluding carboxylic acids is 1. The van der Waals surface area contributed by atoms with Crippen molar-refractivity contribution in [3.05, 3.63) is 52.9 Å². The van der Waals surface area contributed by atoms with E-state index in [-0.39, 0.29) is 17.2 Å². The molecule has 0 saturated heterocycles. The van der Waals surface area contributed by atoms with Gasteiger partial charge in [0, 0.05) is 26.0 Å². The molecule has 8 nitrogen and oxygen atoms in total. The quantitative estimate of drug-likeness (QED) is 0.613. The fraction of sp³-hybridized carbons (Fsp3) is 0.263. The van der Waals surface area contributed by atoms with Gasteiger partial charge >= 0.3 is 0 Å². The summed E-state index contributed by atoms with van der Waals surface area (Å²) in [4.78, 5) is 24.5. The van der Waals surface area contributed by atoms with E-state index in [1.165, 1.54) is 16.3 Å². The first kappa shape index (κ1) is 19.7. The molecule has 0 unspecified atom stereocenters. The van der Waals surface area contributed by atoms with Crippen LogP contribution in [-0.4, -0.2) is 37.6 Å². The van der Waals surface area contributed by atoms with Crippen LogP contribution in [0.3, 0.4) is 0 Å². The second-order valence-corrected chi connectivity index (χ2v) is 6.94. The molecule has 9 heteroatoms. The van der Waals surface area contributed by atoms with Crippen LogP contribution in [0.25, 0.3) is 11.4 Å². The zero-order chi connectivity index (χ0) is 20.1. The molecule has 0 radical (unpaired) electrons. The molecule has 2 aromatic heterocycles. The Kier molecular flexibility index (Phi) is 6.15. The molecule has 0 aliphatic heterocycles. The number of aromatic nitrogens is 4. The Balaban J connectivity index is 1.63. The molecule has 0 fully saturated rings. The summed E-state index contributed by atoms with van der Waals surface area (Å²) in [6.45, 7) is 2.51. The minimum Gasteiger partial charge on any atom is -0.494 e. The Morgan fingerprint density at radius 1 is 1.18 bits per heavy atom. The number of thioether (sulfide) groups is 1. The van der Waals surface area contributed by atoms with Gasteiger partial charge in [-0.25, -0.2) is 0 Å². The van der Waals surface area contributed by atoms with Gasteiger partial charge in [0.05, 0.1) is 17.9 Å². The Labute approximate surface area is 166 Å². The Morgan fingerprint density at radius 2 is 1.93 bits per heavy atom. The van der Waals surface area contributed by atoms with E-state index >= 15 is 0 Å². The summed E-state index contributed by atoms with van der Waals surface area (Å²) in [5, 5.41) is 11.6. The van der Waals surface area contributed by atoms with Gasteiger partial charge in [0.25, 0.3) is 5.56 Å². The van der Waals surface area contributed by atoms with Crippen LogP contribution in [0, 0.1) is 0 Å². The van der Waals surface area contributed by atoms with Gasteiger partial charge in [0.1, 0.15) is 5.75 Å². The van der Waals surface area contributed by atoms with Gasteiger partial charge in [-0.1, -0.05) is 11.8 Å². The van der Waals surface area contributed by atoms with E-state index < -0.39 is 0 Å². The van der Waals surface area contributed by atoms with Crippen molar-refractivity contribution >= 4 is 23.4 Å². The molecule has 0 saturated carbocycles. The van der Waals surface area contributed by atoms with Crippen molar-refractivity contribution in [2.24, 2.45) is 14.1 Å². The predicted molar refractivity (Wildman–Crippen MR) is 109 cm³/mol. The van der Waals surface area contributed by atoms with E-state index in [9.17, 15) is 9.59 Å². The molecule has 0 bridgehead atoms. The SMILES string of the molecule is CCOc1ccc(NC(=O)CSc2nnc(-c3cccn(C)c3=O)n2C)cc1. The number of carbonyl (C=O) groups is 1. The van der Waals surface area contributed by atoms with Gasteiger partial charge in [0.15, 0.2) is 11.0 Å². The molecular weight excluding hydrogens is 378 g/mol. The largest absolute Gasteiger partial charge is 0.494 e. The second-order valence-electron chi connectivity index (χ2n) is 6.00. The summed E-state index contributed by atoms with van der Waals surface area (Å²) in [6.07, 6.45) is 1.68. The summed E-state index contributed by atoms with van der Waals surface area (Å²) in [7, 11) is 3.46. The van der Waals surface area contributed by atoms with E-state index in [1.807, 2.05) is 19.1 Å². The number of aryl methyl sites for hydroxylation is 1. The van der Waals surface area contributed by atoms with Crippen LogP contribution in [0.1, 0.15) is 6.92 Å². The first-order valence-corrected chi connectivity index (χ1v) is 9.69. The average Bonchev–Trinajstić information content (AvgIpc) is 3.04. The number of hydrogen-bond donors (Lipinski definition) is 1. The molecule has 28 heavy (non-hydrogen) atoms. The molecule has 3 rings (SSSR count). The third kappa shape index (κ3) is 4.42. The lowest BCUT2D eigenvalue weighted by Gasteiger charge is -2.07. The van der Waals surface area contributed by atoms with Crippen LogP contribution in [0.5, 0.6) is 5.75 Å². The maximum absolute atomic E-state index is 12.3. The Hall–Kier alpha value is -3.07. The van der Waals surface area contributed by atoms with Crippen LogP contribution in [0.4, 0.5) is 5.69 Å². The Morgan fingerprint density at radius 3 is 2.64 bits per heavy atom. The second kappa shape index (κ2) is 8.75. The van der Waals surface area contributed by atoms with Gasteiger partial charge < -0.3 is 19.2 Å². The lowest BCUT2D eigenvalue weighted by atomic mass is 10.2. The van der Waals surface area contributed by atoms with Gasteiger partial charge in [-0.3, -0.25) is 9.59 Å². The summed E-state index contributed by atoms with van der Waals surface area (Å²) >= 11 is 1.26. The summed E-state index contributed by atoms with van der Waals surface area (Å²) in [6, 6.07) is 10.7. The highest BCUT2D eigenvalue weighted by atomic mass is 32.2. The van der Waals surface area contributed by atoms with Gasteiger partial charge in [-0.2, -0.15) is 0 Å². The number of anilines is 1. The van der Waals surface area contributed by atoms with Crippen molar-refractivity contribution in [2.45, 2.75) is 12.1 Å². The molecule has 1 aromatic carbocycles. The molecular formula is C19H21N5O3S. The number of hydrogen-bond acceptors (Lipinski definition) is 6. The molecule has 0 atom stereocenters. The molecule has 146 valence electrons. The monoisotopic (exact) mass is 399 g/mol. The van der Waals surface area contributed by atoms with Gasteiger partial charge in [-0.15, -0.1) is 10.2 Å². The highest BCUT2D eigenvalue weighted by molar-refractivity contribution is 7.99. The van der Waals surface area contributed by atoms with Crippen molar-refractivity contribution in [3.8, 4) is 17.1 Å². The zero-order valence-electron chi connectivity index (χ0n) is 15.9. The molecule has 0 spiro atoms. The number of nitrogens with zero attached hydrogens (tertiary/aromatic N) is 4. The van der Waals surface area contributed by atoms with Crippen molar-refractivity contribution < 1.29 is 9.53 Å². The van der Waals surface area contributed by atoms with Crippen molar-refractivity contribution in [3.63, 3.8) is 0 Å². The smallest absolute Gasteiger partial charge is 0.261 e. The summed E-state index contributed by atoms with van der Waals surface area (Å²) < 4.78 is 8.58. The maximum Gasteiger partial charge on any atom is 0.261 e. The van der Waals surface area contributed by atoms with Crippen molar-refractivity contribution in [2.75, 3.05) is 17.7 Å². The predicted octanol–water partition coefficient (Wildman–Crippen LogP) is 2.31. The number of benzene rings is 1. The van der Waals surface area contributed by atoms with Crippen LogP contribution in [0.15, 0.2) is 52.5 Å². The van der Waals surface area contributed by atoms with Crippen LogP contribution in [-0.2, 0) is 18.9 Å². The van der Waals surface area contributed by atoms with E-state index in [0.29, 0.717) is 28.8 Å². The number of ether oxygens (including phenoxy) is 1. The first-order chi connectivity index (χ1) is 13.5. The minimum absolute atomic E-state index is 0.150. The molecule has 1 N–H and O–H groups in total. The third-order valence-electron chi connectivity index (χ3n) is 3.98. The van der Waals surface area contributed by atoms with Crippen LogP contribution < -0.4 is 15.6 Å². The van der Waals surface area contributed by atoms with Crippen molar-refractivity contribution in [1.82, 2.24) is 19.3 Å². The molecule has 1 amide bonds. The number of nitrogens with one attached hydrogen (secondary N) is 1. The third-order valence-corrected chi connectivity index (χ3v) is 5.00. The lowest BCUT2D eigenvalue weighted by Crippen LogP contribution is -2.18. The highest BCUT2D eigenvalue weighted by Crippen LogP contribution is 2.21. The zero-order valence-corrected chi connectivity index (χ0v) is 16.7. The number of amides is 1. The molecule has 0 aliphatic rings. The van der Waals surface area contributed by atoms with E-state index in [4.69, 9.17) is 4.74 Å². The van der Waals surface area contributed by atoms with Crippen molar-refractivity contribution in [1.29, 1.82) is 0 Å². The number of rotatable bonds is 7. The fourth-order valence-electron chi connectivity index (χ4n) is 2.57. The summed E-state index contributed by atoms with van der Waals surface area (Å²) in [5.74, 6) is 1.24. The summed E-state index contributed by atoms with van der Waals surface area (Å²) in [5.41, 5.74) is 1.01. The molecule has 0 aliphatic carbocycles. The molecule has 2 heterocycles. The normalized spacial score (nSPS) is 10.7. The molecule has 3 aromatic rings. The Bertz CT molecular complexity index is 1030. The van der Waals surface area contributed by atoms with E-state index in [0.717, 1.165) is 5.75 Å². The van der Waals surface area contributed by atoms with Gasteiger partial charge in [0.2, 0.25) is 5.91 Å². The van der Waals surface area contributed by atoms with Crippen LogP contribution in [0.2, 0.25) is 0 Å². The van der Waals surface area contributed by atoms with Crippen LogP contribution >= 0.6 is 11.8 Å². The maximum atomic E-state index is 12.3. The van der Waals surface area contributed by atoms with Gasteiger partial charge in [-0.05, 0) is 43.3 Å². The van der Waals surface area contributed by atoms with E-state index in [1.54, 1.807) is 49.1 Å². The van der Waals surface area contributed by atoms with E-state index in [2.05, 4.69) is 15.5 Å². The lowest BCUT2D eigenvalue weighted by molar-refractivity contribution is -0.113. The minimum atomic E-state index is -0.158. The highest BCUT2D eigenvalue weighted by Gasteiger charge is 2.15. The first-order valence-electron chi connectivity index (χ1n) is 8.70.